The molecular formula is C16H16O2S. The molecule has 0 bridgehead atoms. The average Bonchev–Trinajstić information content (AvgIpc) is 3.28. The third kappa shape index (κ3) is 2.76. The van der Waals surface area contributed by atoms with Crippen molar-refractivity contribution in [3.63, 3.8) is 0 Å². The van der Waals surface area contributed by atoms with Gasteiger partial charge in [0.1, 0.15) is 5.25 Å². The molecule has 0 aliphatic heterocycles. The van der Waals surface area contributed by atoms with E-state index in [0.717, 1.165) is 17.7 Å². The SMILES string of the molecule is COC(=O)C(Sc1ccc2ccccc2c1)C1CC1. The Hall–Kier alpha value is -1.48. The van der Waals surface area contributed by atoms with E-state index in [1.54, 1.807) is 11.8 Å². The van der Waals surface area contributed by atoms with Gasteiger partial charge in [-0.25, -0.2) is 0 Å². The molecule has 1 saturated carbocycles. The van der Waals surface area contributed by atoms with E-state index in [1.165, 1.54) is 17.9 Å². The van der Waals surface area contributed by atoms with Gasteiger partial charge in [-0.3, -0.25) is 4.79 Å². The maximum absolute atomic E-state index is 11.8. The molecule has 0 radical (unpaired) electrons. The fourth-order valence-electron chi connectivity index (χ4n) is 2.24. The maximum Gasteiger partial charge on any atom is 0.319 e. The first-order chi connectivity index (χ1) is 9.28. The minimum absolute atomic E-state index is 0.0498. The number of carbonyl (C=O) groups is 1. The summed E-state index contributed by atoms with van der Waals surface area (Å²) in [5.74, 6) is 0.393. The second-order valence-corrected chi connectivity index (χ2v) is 6.12. The first kappa shape index (κ1) is 12.5. The highest BCUT2D eigenvalue weighted by molar-refractivity contribution is 8.00. The van der Waals surface area contributed by atoms with Gasteiger partial charge < -0.3 is 4.74 Å². The fraction of sp³-hybridized carbons (Fsp3) is 0.312. The van der Waals surface area contributed by atoms with Crippen LogP contribution in [0.5, 0.6) is 0 Å². The Bertz CT molecular complexity index is 604. The lowest BCUT2D eigenvalue weighted by Gasteiger charge is -2.13. The van der Waals surface area contributed by atoms with Crippen molar-refractivity contribution in [2.75, 3.05) is 7.11 Å². The second kappa shape index (κ2) is 5.25. The third-order valence-electron chi connectivity index (χ3n) is 3.47. The van der Waals surface area contributed by atoms with E-state index in [2.05, 4.69) is 30.3 Å². The molecule has 1 unspecified atom stereocenters. The molecule has 0 heterocycles. The summed E-state index contributed by atoms with van der Waals surface area (Å²) in [6.45, 7) is 0. The number of carbonyl (C=O) groups excluding carboxylic acids is 1. The molecule has 98 valence electrons. The van der Waals surface area contributed by atoms with Crippen LogP contribution in [0.4, 0.5) is 0 Å². The van der Waals surface area contributed by atoms with Gasteiger partial charge in [0.2, 0.25) is 0 Å². The summed E-state index contributed by atoms with van der Waals surface area (Å²) in [6.07, 6.45) is 2.28. The molecule has 3 heteroatoms. The van der Waals surface area contributed by atoms with Crippen molar-refractivity contribution < 1.29 is 9.53 Å². The number of hydrogen-bond acceptors (Lipinski definition) is 3. The van der Waals surface area contributed by atoms with Crippen LogP contribution in [0.2, 0.25) is 0 Å². The van der Waals surface area contributed by atoms with Crippen LogP contribution in [0.3, 0.4) is 0 Å². The maximum atomic E-state index is 11.8. The molecule has 1 aliphatic rings. The summed E-state index contributed by atoms with van der Waals surface area (Å²) < 4.78 is 4.91. The van der Waals surface area contributed by atoms with Gasteiger partial charge in [-0.2, -0.15) is 0 Å². The van der Waals surface area contributed by atoms with Gasteiger partial charge in [0.15, 0.2) is 0 Å². The smallest absolute Gasteiger partial charge is 0.319 e. The number of ether oxygens (including phenoxy) is 1. The zero-order valence-corrected chi connectivity index (χ0v) is 11.7. The highest BCUT2D eigenvalue weighted by atomic mass is 32.2. The number of thioether (sulfide) groups is 1. The Balaban J connectivity index is 1.85. The van der Waals surface area contributed by atoms with Crippen LogP contribution in [0.15, 0.2) is 47.4 Å². The quantitative estimate of drug-likeness (QED) is 0.624. The first-order valence-corrected chi connectivity index (χ1v) is 7.39. The first-order valence-electron chi connectivity index (χ1n) is 6.51. The summed E-state index contributed by atoms with van der Waals surface area (Å²) in [4.78, 5) is 13.0. The zero-order valence-electron chi connectivity index (χ0n) is 10.8. The van der Waals surface area contributed by atoms with Crippen LogP contribution in [-0.4, -0.2) is 18.3 Å². The van der Waals surface area contributed by atoms with Crippen molar-refractivity contribution in [3.05, 3.63) is 42.5 Å². The van der Waals surface area contributed by atoms with E-state index < -0.39 is 0 Å². The molecule has 3 rings (SSSR count). The summed E-state index contributed by atoms with van der Waals surface area (Å²) >= 11 is 1.63. The minimum Gasteiger partial charge on any atom is -0.468 e. The predicted molar refractivity (Wildman–Crippen MR) is 78.3 cm³/mol. The van der Waals surface area contributed by atoms with Crippen LogP contribution in [0.1, 0.15) is 12.8 Å². The largest absolute Gasteiger partial charge is 0.468 e. The molecule has 2 nitrogen and oxygen atoms in total. The molecule has 0 spiro atoms. The van der Waals surface area contributed by atoms with Gasteiger partial charge in [-0.15, -0.1) is 11.8 Å². The molecule has 1 atom stereocenters. The van der Waals surface area contributed by atoms with Gasteiger partial charge in [-0.1, -0.05) is 30.3 Å². The van der Waals surface area contributed by atoms with Gasteiger partial charge in [0.05, 0.1) is 7.11 Å². The second-order valence-electron chi connectivity index (χ2n) is 4.91. The molecule has 2 aromatic rings. The van der Waals surface area contributed by atoms with Crippen molar-refractivity contribution in [1.82, 2.24) is 0 Å². The number of rotatable bonds is 4. The third-order valence-corrected chi connectivity index (χ3v) is 4.83. The lowest BCUT2D eigenvalue weighted by Crippen LogP contribution is -2.20. The van der Waals surface area contributed by atoms with E-state index in [9.17, 15) is 4.79 Å². The molecule has 0 amide bonds. The van der Waals surface area contributed by atoms with Crippen LogP contribution in [0.25, 0.3) is 10.8 Å². The van der Waals surface area contributed by atoms with Crippen molar-refractivity contribution in [2.45, 2.75) is 23.0 Å². The molecule has 19 heavy (non-hydrogen) atoms. The topological polar surface area (TPSA) is 26.3 Å². The van der Waals surface area contributed by atoms with E-state index in [1.807, 2.05) is 12.1 Å². The van der Waals surface area contributed by atoms with Gasteiger partial charge in [-0.05, 0) is 41.7 Å². The van der Waals surface area contributed by atoms with E-state index >= 15 is 0 Å². The lowest BCUT2D eigenvalue weighted by atomic mass is 10.1. The van der Waals surface area contributed by atoms with E-state index in [0.29, 0.717) is 5.92 Å². The number of benzene rings is 2. The summed E-state index contributed by atoms with van der Waals surface area (Å²) in [7, 11) is 1.47. The van der Waals surface area contributed by atoms with E-state index in [-0.39, 0.29) is 11.2 Å². The summed E-state index contributed by atoms with van der Waals surface area (Å²) in [5, 5.41) is 2.39. The number of methoxy groups -OCH3 is 1. The van der Waals surface area contributed by atoms with Gasteiger partial charge in [0.25, 0.3) is 0 Å². The zero-order chi connectivity index (χ0) is 13.2. The fourth-order valence-corrected chi connectivity index (χ4v) is 3.53. The molecule has 2 aromatic carbocycles. The monoisotopic (exact) mass is 272 g/mol. The molecular weight excluding hydrogens is 256 g/mol. The molecule has 0 N–H and O–H groups in total. The van der Waals surface area contributed by atoms with Gasteiger partial charge in [0, 0.05) is 4.90 Å². The number of esters is 1. The Morgan fingerprint density at radius 1 is 1.21 bits per heavy atom. The normalized spacial score (nSPS) is 16.3. The van der Waals surface area contributed by atoms with Crippen molar-refractivity contribution >= 4 is 28.5 Å². The van der Waals surface area contributed by atoms with E-state index in [4.69, 9.17) is 4.74 Å². The van der Waals surface area contributed by atoms with Crippen molar-refractivity contribution in [3.8, 4) is 0 Å². The summed E-state index contributed by atoms with van der Waals surface area (Å²) in [5.41, 5.74) is 0. The highest BCUT2D eigenvalue weighted by Gasteiger charge is 2.37. The Morgan fingerprint density at radius 2 is 1.95 bits per heavy atom. The Kier molecular flexibility index (Phi) is 3.47. The average molecular weight is 272 g/mol. The summed E-state index contributed by atoms with van der Waals surface area (Å²) in [6, 6.07) is 14.6. The highest BCUT2D eigenvalue weighted by Crippen LogP contribution is 2.42. The van der Waals surface area contributed by atoms with Crippen LogP contribution in [0, 0.1) is 5.92 Å². The van der Waals surface area contributed by atoms with Crippen LogP contribution >= 0.6 is 11.8 Å². The Labute approximate surface area is 117 Å². The van der Waals surface area contributed by atoms with Crippen LogP contribution in [-0.2, 0) is 9.53 Å². The number of fused-ring (bicyclic) bond motifs is 1. The Morgan fingerprint density at radius 3 is 2.63 bits per heavy atom. The van der Waals surface area contributed by atoms with Gasteiger partial charge >= 0.3 is 5.97 Å². The number of hydrogen-bond donors (Lipinski definition) is 0. The predicted octanol–water partition coefficient (Wildman–Crippen LogP) is 3.88. The molecule has 1 aliphatic carbocycles. The molecule has 1 fully saturated rings. The van der Waals surface area contributed by atoms with Crippen LogP contribution < -0.4 is 0 Å². The lowest BCUT2D eigenvalue weighted by molar-refractivity contribution is -0.140. The van der Waals surface area contributed by atoms with Crippen molar-refractivity contribution in [2.24, 2.45) is 5.92 Å². The molecule has 0 aromatic heterocycles. The molecule has 0 saturated heterocycles. The minimum atomic E-state index is -0.0966. The standard InChI is InChI=1S/C16H16O2S/c1-18-16(17)15(12-6-7-12)19-14-9-8-11-4-2-3-5-13(11)10-14/h2-5,8-10,12,15H,6-7H2,1H3. The van der Waals surface area contributed by atoms with Crippen molar-refractivity contribution in [1.29, 1.82) is 0 Å².